The highest BCUT2D eigenvalue weighted by atomic mass is 35.5. The molecular formula is C24H24ClN3O3. The van der Waals surface area contributed by atoms with Crippen molar-refractivity contribution in [2.75, 3.05) is 26.9 Å². The predicted octanol–water partition coefficient (Wildman–Crippen LogP) is 4.80. The quantitative estimate of drug-likeness (QED) is 0.497. The highest BCUT2D eigenvalue weighted by Gasteiger charge is 2.31. The van der Waals surface area contributed by atoms with Crippen LogP contribution in [0.4, 0.5) is 0 Å². The van der Waals surface area contributed by atoms with E-state index in [1.807, 2.05) is 47.4 Å². The molecule has 0 bridgehead atoms. The topological polar surface area (TPSA) is 64.6 Å². The summed E-state index contributed by atoms with van der Waals surface area (Å²) >= 11 is 6.12. The maximum Gasteiger partial charge on any atom is 0.254 e. The lowest BCUT2D eigenvalue weighted by atomic mass is 10.1. The summed E-state index contributed by atoms with van der Waals surface area (Å²) in [5, 5.41) is 0.638. The molecule has 1 aliphatic rings. The minimum absolute atomic E-state index is 0.00569. The lowest BCUT2D eigenvalue weighted by Crippen LogP contribution is -2.31. The van der Waals surface area contributed by atoms with Crippen LogP contribution in [-0.4, -0.2) is 47.6 Å². The fraction of sp³-hybridized carbons (Fsp3) is 0.292. The van der Waals surface area contributed by atoms with E-state index in [0.29, 0.717) is 41.9 Å². The van der Waals surface area contributed by atoms with Crippen molar-refractivity contribution in [2.24, 2.45) is 0 Å². The zero-order valence-electron chi connectivity index (χ0n) is 17.3. The zero-order chi connectivity index (χ0) is 21.6. The number of ether oxygens (including phenoxy) is 2. The number of benzene rings is 2. The van der Waals surface area contributed by atoms with Crippen LogP contribution in [0, 0.1) is 0 Å². The molecule has 1 saturated heterocycles. The summed E-state index contributed by atoms with van der Waals surface area (Å²) in [5.74, 6) is 1.32. The first-order chi connectivity index (χ1) is 15.2. The highest BCUT2D eigenvalue weighted by Crippen LogP contribution is 2.33. The second-order valence-electron chi connectivity index (χ2n) is 7.34. The molecule has 1 aromatic heterocycles. The minimum Gasteiger partial charge on any atom is -0.491 e. The first kappa shape index (κ1) is 21.3. The second-order valence-corrected chi connectivity index (χ2v) is 7.77. The van der Waals surface area contributed by atoms with E-state index in [1.165, 1.54) is 0 Å². The lowest BCUT2D eigenvalue weighted by Gasteiger charge is -2.24. The number of nitrogens with zero attached hydrogens (tertiary/aromatic N) is 3. The normalized spacial score (nSPS) is 15.8. The van der Waals surface area contributed by atoms with Crippen molar-refractivity contribution in [3.05, 3.63) is 77.1 Å². The smallest absolute Gasteiger partial charge is 0.254 e. The van der Waals surface area contributed by atoms with Gasteiger partial charge in [-0.15, -0.1) is 0 Å². The molecule has 2 aromatic carbocycles. The van der Waals surface area contributed by atoms with Gasteiger partial charge >= 0.3 is 0 Å². The van der Waals surface area contributed by atoms with Crippen LogP contribution in [0.5, 0.6) is 5.75 Å². The Morgan fingerprint density at radius 2 is 2.00 bits per heavy atom. The molecule has 31 heavy (non-hydrogen) atoms. The van der Waals surface area contributed by atoms with Gasteiger partial charge < -0.3 is 14.4 Å². The third kappa shape index (κ3) is 5.03. The number of likely N-dealkylation sites (tertiary alicyclic amines) is 1. The van der Waals surface area contributed by atoms with Crippen molar-refractivity contribution >= 4 is 17.5 Å². The van der Waals surface area contributed by atoms with Gasteiger partial charge in [-0.25, -0.2) is 9.97 Å². The van der Waals surface area contributed by atoms with Gasteiger partial charge in [0, 0.05) is 36.0 Å². The summed E-state index contributed by atoms with van der Waals surface area (Å²) in [6, 6.07) is 16.5. The molecule has 0 saturated carbocycles. The van der Waals surface area contributed by atoms with E-state index in [0.717, 1.165) is 24.1 Å². The Bertz CT molecular complexity index is 1040. The Labute approximate surface area is 186 Å². The lowest BCUT2D eigenvalue weighted by molar-refractivity contribution is 0.0733. The number of amides is 1. The van der Waals surface area contributed by atoms with E-state index in [2.05, 4.69) is 4.98 Å². The molecule has 1 unspecified atom stereocenters. The van der Waals surface area contributed by atoms with E-state index >= 15 is 0 Å². The van der Waals surface area contributed by atoms with Crippen LogP contribution in [0.25, 0.3) is 11.4 Å². The maximum atomic E-state index is 13.2. The van der Waals surface area contributed by atoms with Crippen molar-refractivity contribution in [1.29, 1.82) is 0 Å². The Morgan fingerprint density at radius 3 is 2.77 bits per heavy atom. The number of aromatic nitrogens is 2. The molecule has 0 radical (unpaired) electrons. The summed E-state index contributed by atoms with van der Waals surface area (Å²) < 4.78 is 10.6. The first-order valence-electron chi connectivity index (χ1n) is 10.3. The number of halogens is 1. The summed E-state index contributed by atoms with van der Waals surface area (Å²) in [7, 11) is 1.63. The minimum atomic E-state index is -0.0777. The number of carbonyl (C=O) groups is 1. The van der Waals surface area contributed by atoms with Crippen LogP contribution in [0.15, 0.2) is 60.8 Å². The summed E-state index contributed by atoms with van der Waals surface area (Å²) in [6.45, 7) is 1.69. The van der Waals surface area contributed by atoms with Crippen LogP contribution in [-0.2, 0) is 4.74 Å². The molecule has 0 aliphatic carbocycles. The fourth-order valence-corrected chi connectivity index (χ4v) is 3.93. The van der Waals surface area contributed by atoms with E-state index in [-0.39, 0.29) is 11.9 Å². The van der Waals surface area contributed by atoms with Crippen LogP contribution in [0.1, 0.15) is 34.9 Å². The van der Waals surface area contributed by atoms with E-state index < -0.39 is 0 Å². The van der Waals surface area contributed by atoms with Gasteiger partial charge in [-0.1, -0.05) is 23.7 Å². The van der Waals surface area contributed by atoms with Crippen LogP contribution in [0.2, 0.25) is 5.02 Å². The van der Waals surface area contributed by atoms with Crippen molar-refractivity contribution < 1.29 is 14.3 Å². The number of methoxy groups -OCH3 is 1. The molecule has 1 aliphatic heterocycles. The van der Waals surface area contributed by atoms with Gasteiger partial charge in [-0.2, -0.15) is 0 Å². The third-order valence-electron chi connectivity index (χ3n) is 5.27. The van der Waals surface area contributed by atoms with Gasteiger partial charge in [0.1, 0.15) is 12.4 Å². The number of hydrogen-bond acceptors (Lipinski definition) is 5. The first-order valence-corrected chi connectivity index (χ1v) is 10.6. The Balaban J connectivity index is 1.51. The van der Waals surface area contributed by atoms with Gasteiger partial charge in [0.2, 0.25) is 0 Å². The number of rotatable bonds is 7. The maximum absolute atomic E-state index is 13.2. The molecule has 2 heterocycles. The summed E-state index contributed by atoms with van der Waals surface area (Å²) in [5.41, 5.74) is 2.33. The molecule has 1 amide bonds. The molecule has 1 atom stereocenters. The number of hydrogen-bond donors (Lipinski definition) is 0. The predicted molar refractivity (Wildman–Crippen MR) is 119 cm³/mol. The molecule has 3 aromatic rings. The van der Waals surface area contributed by atoms with Crippen molar-refractivity contribution in [1.82, 2.24) is 14.9 Å². The van der Waals surface area contributed by atoms with Gasteiger partial charge in [0.25, 0.3) is 5.91 Å². The van der Waals surface area contributed by atoms with Crippen LogP contribution >= 0.6 is 11.6 Å². The fourth-order valence-electron chi connectivity index (χ4n) is 3.74. The van der Waals surface area contributed by atoms with Gasteiger partial charge in [0.15, 0.2) is 5.82 Å². The Kier molecular flexibility index (Phi) is 6.79. The van der Waals surface area contributed by atoms with Gasteiger partial charge in [0.05, 0.1) is 18.3 Å². The zero-order valence-corrected chi connectivity index (χ0v) is 18.1. The largest absolute Gasteiger partial charge is 0.491 e. The summed E-state index contributed by atoms with van der Waals surface area (Å²) in [6.07, 6.45) is 3.55. The SMILES string of the molecule is COCCOc1ccc(C(=O)N2CCCC2c2ccnc(-c3cccc(Cl)c3)n2)cc1. The molecule has 4 rings (SSSR count). The molecule has 6 nitrogen and oxygen atoms in total. The molecule has 0 N–H and O–H groups in total. The highest BCUT2D eigenvalue weighted by molar-refractivity contribution is 6.30. The van der Waals surface area contributed by atoms with Crippen molar-refractivity contribution in [2.45, 2.75) is 18.9 Å². The van der Waals surface area contributed by atoms with Crippen LogP contribution in [0.3, 0.4) is 0 Å². The average molecular weight is 438 g/mol. The molecule has 1 fully saturated rings. The van der Waals surface area contributed by atoms with Gasteiger partial charge in [-0.05, 0) is 55.3 Å². The molecule has 7 heteroatoms. The van der Waals surface area contributed by atoms with E-state index in [4.69, 9.17) is 26.1 Å². The van der Waals surface area contributed by atoms with Crippen molar-refractivity contribution in [3.63, 3.8) is 0 Å². The van der Waals surface area contributed by atoms with E-state index in [1.54, 1.807) is 25.4 Å². The Morgan fingerprint density at radius 1 is 1.16 bits per heavy atom. The standard InChI is InChI=1S/C24H24ClN3O3/c1-30-14-15-31-20-9-7-17(8-10-20)24(29)28-13-3-6-22(28)21-11-12-26-23(27-21)18-4-2-5-19(25)16-18/h2,4-5,7-12,16,22H,3,6,13-15H2,1H3. The Hall–Kier alpha value is -2.96. The molecule has 0 spiro atoms. The molecule has 160 valence electrons. The van der Waals surface area contributed by atoms with E-state index in [9.17, 15) is 4.79 Å². The number of carbonyl (C=O) groups excluding carboxylic acids is 1. The third-order valence-corrected chi connectivity index (χ3v) is 5.51. The molecular weight excluding hydrogens is 414 g/mol. The second kappa shape index (κ2) is 9.90. The van der Waals surface area contributed by atoms with Crippen molar-refractivity contribution in [3.8, 4) is 17.1 Å². The van der Waals surface area contributed by atoms with Crippen LogP contribution < -0.4 is 4.74 Å². The summed E-state index contributed by atoms with van der Waals surface area (Å²) in [4.78, 5) is 24.2. The monoisotopic (exact) mass is 437 g/mol. The van der Waals surface area contributed by atoms with Gasteiger partial charge in [-0.3, -0.25) is 4.79 Å². The average Bonchev–Trinajstić information content (AvgIpc) is 3.29.